The molecule has 0 amide bonds. The molecule has 46 heavy (non-hydrogen) atoms. The second-order valence-corrected chi connectivity index (χ2v) is 12.5. The Hall–Kier alpha value is -5.66. The van der Waals surface area contributed by atoms with Gasteiger partial charge in [-0.3, -0.25) is 0 Å². The third-order valence-electron chi connectivity index (χ3n) is 10.3. The molecule has 7 aromatic carbocycles. The summed E-state index contributed by atoms with van der Waals surface area (Å²) in [6, 6.07) is 63.9. The zero-order valence-electron chi connectivity index (χ0n) is 25.7. The summed E-state index contributed by atoms with van der Waals surface area (Å²) in [5.74, 6) is 1.83. The van der Waals surface area contributed by atoms with Gasteiger partial charge in [0.2, 0.25) is 0 Å². The molecule has 0 fully saturated rings. The maximum Gasteiger partial charge on any atom is 0.139 e. The first-order valence-corrected chi connectivity index (χ1v) is 16.0. The Labute approximate surface area is 270 Å². The van der Waals surface area contributed by atoms with Crippen LogP contribution in [-0.4, -0.2) is 0 Å². The fraction of sp³-hybridized carbons (Fsp3) is 0.0667. The van der Waals surface area contributed by atoms with Crippen molar-refractivity contribution in [3.63, 3.8) is 0 Å². The standard InChI is InChI=1S/C45H32O/c1-44(31-17-5-2-6-18-31)39-28-13-14-30-41(39)46-43-37(26-16-29-40(43)44)36-25-15-24-35-34-23-11-12-27-38(34)45(42(35)36,32-19-7-3-8-20-32)33-21-9-4-10-22-33/h2-30H,1H3. The summed E-state index contributed by atoms with van der Waals surface area (Å²) in [4.78, 5) is 0. The Morgan fingerprint density at radius 1 is 0.370 bits per heavy atom. The van der Waals surface area contributed by atoms with Crippen LogP contribution in [0, 0.1) is 0 Å². The van der Waals surface area contributed by atoms with Crippen LogP contribution in [-0.2, 0) is 10.8 Å². The Kier molecular flexibility index (Phi) is 5.92. The van der Waals surface area contributed by atoms with Gasteiger partial charge in [-0.25, -0.2) is 0 Å². The monoisotopic (exact) mass is 588 g/mol. The van der Waals surface area contributed by atoms with Gasteiger partial charge in [0.05, 0.1) is 5.41 Å². The van der Waals surface area contributed by atoms with E-state index >= 15 is 0 Å². The molecule has 9 rings (SSSR count). The second-order valence-electron chi connectivity index (χ2n) is 12.5. The van der Waals surface area contributed by atoms with Crippen LogP contribution in [0.4, 0.5) is 0 Å². The molecule has 0 saturated carbocycles. The van der Waals surface area contributed by atoms with E-state index in [0.29, 0.717) is 0 Å². The minimum Gasteiger partial charge on any atom is -0.456 e. The van der Waals surface area contributed by atoms with E-state index in [-0.39, 0.29) is 0 Å². The van der Waals surface area contributed by atoms with Gasteiger partial charge in [-0.05, 0) is 57.5 Å². The van der Waals surface area contributed by atoms with Crippen molar-refractivity contribution in [1.82, 2.24) is 0 Å². The van der Waals surface area contributed by atoms with Gasteiger partial charge >= 0.3 is 0 Å². The Bertz CT molecular complexity index is 2190. The molecule has 1 nitrogen and oxygen atoms in total. The molecule has 1 unspecified atom stereocenters. The molecule has 1 aliphatic heterocycles. The van der Waals surface area contributed by atoms with Gasteiger partial charge in [0.1, 0.15) is 11.5 Å². The first kappa shape index (κ1) is 26.7. The van der Waals surface area contributed by atoms with Crippen molar-refractivity contribution in [1.29, 1.82) is 0 Å². The lowest BCUT2D eigenvalue weighted by Crippen LogP contribution is -2.30. The van der Waals surface area contributed by atoms with Gasteiger partial charge in [0, 0.05) is 22.1 Å². The molecule has 0 aromatic heterocycles. The minimum absolute atomic E-state index is 0.391. The molecule has 1 heteroatoms. The first-order valence-electron chi connectivity index (χ1n) is 16.0. The van der Waals surface area contributed by atoms with Crippen LogP contribution < -0.4 is 4.74 Å². The summed E-state index contributed by atoms with van der Waals surface area (Å²) in [7, 11) is 0. The van der Waals surface area contributed by atoms with Crippen molar-refractivity contribution in [2.75, 3.05) is 0 Å². The van der Waals surface area contributed by atoms with Crippen LogP contribution in [0.15, 0.2) is 176 Å². The van der Waals surface area contributed by atoms with Crippen molar-refractivity contribution in [2.24, 2.45) is 0 Å². The van der Waals surface area contributed by atoms with E-state index in [1.54, 1.807) is 0 Å². The average molecular weight is 589 g/mol. The minimum atomic E-state index is -0.511. The van der Waals surface area contributed by atoms with E-state index < -0.39 is 10.8 Å². The first-order chi connectivity index (χ1) is 22.7. The Morgan fingerprint density at radius 3 is 1.50 bits per heavy atom. The SMILES string of the molecule is CC1(c2ccccc2)c2ccccc2Oc2c(-c3cccc4c3C(c3ccccc3)(c3ccccc3)c3ccccc3-4)cccc21. The number of benzene rings is 7. The third-order valence-corrected chi connectivity index (χ3v) is 10.3. The summed E-state index contributed by atoms with van der Waals surface area (Å²) >= 11 is 0. The smallest absolute Gasteiger partial charge is 0.139 e. The lowest BCUT2D eigenvalue weighted by molar-refractivity contribution is 0.429. The topological polar surface area (TPSA) is 9.23 Å². The molecule has 0 radical (unpaired) electrons. The molecule has 0 spiro atoms. The van der Waals surface area contributed by atoms with Gasteiger partial charge in [0.15, 0.2) is 0 Å². The van der Waals surface area contributed by atoms with Gasteiger partial charge in [0.25, 0.3) is 0 Å². The number of ether oxygens (including phenoxy) is 1. The number of hydrogen-bond donors (Lipinski definition) is 0. The van der Waals surface area contributed by atoms with Crippen LogP contribution >= 0.6 is 0 Å². The normalized spacial score (nSPS) is 16.8. The molecule has 0 N–H and O–H groups in total. The highest BCUT2D eigenvalue weighted by Gasteiger charge is 2.48. The highest BCUT2D eigenvalue weighted by Crippen LogP contribution is 2.61. The fourth-order valence-electron chi connectivity index (χ4n) is 8.29. The molecule has 0 saturated heterocycles. The van der Waals surface area contributed by atoms with Crippen LogP contribution in [0.1, 0.15) is 45.9 Å². The molecule has 1 aliphatic carbocycles. The maximum absolute atomic E-state index is 7.00. The molecule has 0 bridgehead atoms. The second kappa shape index (κ2) is 10.2. The highest BCUT2D eigenvalue weighted by molar-refractivity contribution is 5.94. The lowest BCUT2D eigenvalue weighted by Gasteiger charge is -2.39. The maximum atomic E-state index is 7.00. The summed E-state index contributed by atoms with van der Waals surface area (Å²) in [5, 5.41) is 0. The van der Waals surface area contributed by atoms with E-state index in [1.165, 1.54) is 55.6 Å². The van der Waals surface area contributed by atoms with E-state index in [2.05, 4.69) is 183 Å². The zero-order valence-corrected chi connectivity index (χ0v) is 25.7. The molecular weight excluding hydrogens is 556 g/mol. The van der Waals surface area contributed by atoms with Gasteiger partial charge in [-0.15, -0.1) is 0 Å². The molecule has 1 atom stereocenters. The van der Waals surface area contributed by atoms with E-state index in [9.17, 15) is 0 Å². The van der Waals surface area contributed by atoms with Crippen LogP contribution in [0.3, 0.4) is 0 Å². The number of para-hydroxylation sites is 2. The molecule has 218 valence electrons. The molecular formula is C45H32O. The predicted octanol–water partition coefficient (Wildman–Crippen LogP) is 11.2. The average Bonchev–Trinajstić information content (AvgIpc) is 3.44. The Balaban J connectivity index is 1.39. The van der Waals surface area contributed by atoms with Crippen LogP contribution in [0.5, 0.6) is 11.5 Å². The van der Waals surface area contributed by atoms with Crippen molar-refractivity contribution in [3.05, 3.63) is 215 Å². The summed E-state index contributed by atoms with van der Waals surface area (Å²) in [5.41, 5.74) is 12.6. The van der Waals surface area contributed by atoms with Crippen LogP contribution in [0.25, 0.3) is 22.3 Å². The van der Waals surface area contributed by atoms with E-state index in [0.717, 1.165) is 17.1 Å². The van der Waals surface area contributed by atoms with Crippen LogP contribution in [0.2, 0.25) is 0 Å². The fourth-order valence-corrected chi connectivity index (χ4v) is 8.29. The predicted molar refractivity (Wildman–Crippen MR) is 188 cm³/mol. The molecule has 1 heterocycles. The van der Waals surface area contributed by atoms with Crippen molar-refractivity contribution in [3.8, 4) is 33.8 Å². The highest BCUT2D eigenvalue weighted by atomic mass is 16.5. The number of hydrogen-bond acceptors (Lipinski definition) is 1. The van der Waals surface area contributed by atoms with Crippen molar-refractivity contribution in [2.45, 2.75) is 17.8 Å². The molecule has 2 aliphatic rings. The summed E-state index contributed by atoms with van der Waals surface area (Å²) in [6.45, 7) is 2.34. The van der Waals surface area contributed by atoms with E-state index in [1.807, 2.05) is 0 Å². The van der Waals surface area contributed by atoms with Crippen molar-refractivity contribution < 1.29 is 4.74 Å². The quantitative estimate of drug-likeness (QED) is 0.199. The largest absolute Gasteiger partial charge is 0.456 e. The number of fused-ring (bicyclic) bond motifs is 5. The van der Waals surface area contributed by atoms with Crippen molar-refractivity contribution >= 4 is 0 Å². The number of rotatable bonds is 4. The zero-order chi connectivity index (χ0) is 30.7. The van der Waals surface area contributed by atoms with Gasteiger partial charge in [-0.1, -0.05) is 170 Å². The van der Waals surface area contributed by atoms with Gasteiger partial charge < -0.3 is 4.74 Å². The van der Waals surface area contributed by atoms with Gasteiger partial charge in [-0.2, -0.15) is 0 Å². The summed E-state index contributed by atoms with van der Waals surface area (Å²) in [6.07, 6.45) is 0. The lowest BCUT2D eigenvalue weighted by atomic mass is 9.65. The van der Waals surface area contributed by atoms with E-state index in [4.69, 9.17) is 4.74 Å². The molecule has 7 aromatic rings. The summed E-state index contributed by atoms with van der Waals surface area (Å²) < 4.78 is 7.00. The third kappa shape index (κ3) is 3.57. The Morgan fingerprint density at radius 2 is 0.826 bits per heavy atom.